The molecule has 15 heavy (non-hydrogen) atoms. The summed E-state index contributed by atoms with van der Waals surface area (Å²) in [6, 6.07) is 8.10. The number of hydrogen-bond acceptors (Lipinski definition) is 4. The standard InChI is InChI=1S/C11H13N3O/c1-8-13-11(14-15-8)10-5-3-9(4-6-10)7-12-2/h3-6,12H,7H2,1-2H3. The molecule has 0 amide bonds. The normalized spacial score (nSPS) is 10.5. The van der Waals surface area contributed by atoms with E-state index < -0.39 is 0 Å². The SMILES string of the molecule is CNCc1ccc(-c2noc(C)n2)cc1. The van der Waals surface area contributed by atoms with Crippen LogP contribution in [-0.2, 0) is 6.54 Å². The number of nitrogens with zero attached hydrogens (tertiary/aromatic N) is 2. The maximum absolute atomic E-state index is 4.92. The molecule has 2 aromatic rings. The summed E-state index contributed by atoms with van der Waals surface area (Å²) < 4.78 is 4.92. The van der Waals surface area contributed by atoms with Gasteiger partial charge in [-0.25, -0.2) is 0 Å². The Bertz CT molecular complexity index is 433. The van der Waals surface area contributed by atoms with Crippen molar-refractivity contribution < 1.29 is 4.52 Å². The van der Waals surface area contributed by atoms with E-state index in [-0.39, 0.29) is 0 Å². The lowest BCUT2D eigenvalue weighted by Gasteiger charge is -2.00. The van der Waals surface area contributed by atoms with Gasteiger partial charge in [0.05, 0.1) is 0 Å². The Labute approximate surface area is 88.3 Å². The van der Waals surface area contributed by atoms with Gasteiger partial charge < -0.3 is 9.84 Å². The van der Waals surface area contributed by atoms with Crippen molar-refractivity contribution in [2.24, 2.45) is 0 Å². The molecule has 1 heterocycles. The average Bonchev–Trinajstić information content (AvgIpc) is 2.67. The molecule has 0 spiro atoms. The zero-order valence-electron chi connectivity index (χ0n) is 8.82. The number of nitrogens with one attached hydrogen (secondary N) is 1. The monoisotopic (exact) mass is 203 g/mol. The highest BCUT2D eigenvalue weighted by atomic mass is 16.5. The van der Waals surface area contributed by atoms with Crippen molar-refractivity contribution in [2.45, 2.75) is 13.5 Å². The second kappa shape index (κ2) is 4.23. The van der Waals surface area contributed by atoms with Crippen molar-refractivity contribution in [3.05, 3.63) is 35.7 Å². The van der Waals surface area contributed by atoms with Gasteiger partial charge in [0.1, 0.15) is 0 Å². The van der Waals surface area contributed by atoms with Gasteiger partial charge in [-0.05, 0) is 12.6 Å². The summed E-state index contributed by atoms with van der Waals surface area (Å²) in [7, 11) is 1.93. The third-order valence-corrected chi connectivity index (χ3v) is 2.12. The molecule has 0 bridgehead atoms. The fraction of sp³-hybridized carbons (Fsp3) is 0.273. The smallest absolute Gasteiger partial charge is 0.223 e. The van der Waals surface area contributed by atoms with Gasteiger partial charge in [-0.1, -0.05) is 29.4 Å². The lowest BCUT2D eigenvalue weighted by molar-refractivity contribution is 0.394. The lowest BCUT2D eigenvalue weighted by Crippen LogP contribution is -2.04. The molecule has 0 saturated carbocycles. The molecule has 1 aromatic heterocycles. The first-order valence-corrected chi connectivity index (χ1v) is 4.84. The van der Waals surface area contributed by atoms with Gasteiger partial charge in [-0.15, -0.1) is 0 Å². The Morgan fingerprint density at radius 2 is 2.00 bits per heavy atom. The Hall–Kier alpha value is -1.68. The van der Waals surface area contributed by atoms with E-state index in [2.05, 4.69) is 27.6 Å². The van der Waals surface area contributed by atoms with Crippen molar-refractivity contribution in [1.29, 1.82) is 0 Å². The number of benzene rings is 1. The highest BCUT2D eigenvalue weighted by Crippen LogP contribution is 2.16. The third-order valence-electron chi connectivity index (χ3n) is 2.12. The van der Waals surface area contributed by atoms with E-state index in [1.165, 1.54) is 5.56 Å². The minimum Gasteiger partial charge on any atom is -0.339 e. The summed E-state index contributed by atoms with van der Waals surface area (Å²) >= 11 is 0. The van der Waals surface area contributed by atoms with Crippen LogP contribution in [-0.4, -0.2) is 17.2 Å². The number of rotatable bonds is 3. The van der Waals surface area contributed by atoms with E-state index in [1.807, 2.05) is 19.2 Å². The number of aryl methyl sites for hydroxylation is 1. The molecule has 0 unspecified atom stereocenters. The minimum atomic E-state index is 0.587. The zero-order chi connectivity index (χ0) is 10.7. The molecule has 4 nitrogen and oxygen atoms in total. The summed E-state index contributed by atoms with van der Waals surface area (Å²) in [4.78, 5) is 4.16. The molecule has 0 radical (unpaired) electrons. The highest BCUT2D eigenvalue weighted by molar-refractivity contribution is 5.54. The van der Waals surface area contributed by atoms with E-state index in [1.54, 1.807) is 6.92 Å². The largest absolute Gasteiger partial charge is 0.339 e. The summed E-state index contributed by atoms with van der Waals surface area (Å²) in [6.45, 7) is 2.65. The van der Waals surface area contributed by atoms with Crippen LogP contribution in [0.2, 0.25) is 0 Å². The van der Waals surface area contributed by atoms with E-state index in [9.17, 15) is 0 Å². The molecule has 0 aliphatic carbocycles. The van der Waals surface area contributed by atoms with Crippen LogP contribution >= 0.6 is 0 Å². The van der Waals surface area contributed by atoms with Crippen molar-refractivity contribution in [1.82, 2.24) is 15.5 Å². The second-order valence-corrected chi connectivity index (χ2v) is 3.36. The predicted molar refractivity (Wildman–Crippen MR) is 57.2 cm³/mol. The fourth-order valence-corrected chi connectivity index (χ4v) is 1.39. The molecule has 1 N–H and O–H groups in total. The van der Waals surface area contributed by atoms with Gasteiger partial charge in [-0.2, -0.15) is 4.98 Å². The Balaban J connectivity index is 2.23. The van der Waals surface area contributed by atoms with E-state index in [0.29, 0.717) is 11.7 Å². The summed E-state index contributed by atoms with van der Waals surface area (Å²) in [5.41, 5.74) is 2.22. The van der Waals surface area contributed by atoms with E-state index in [0.717, 1.165) is 12.1 Å². The first-order valence-electron chi connectivity index (χ1n) is 4.84. The molecule has 0 atom stereocenters. The maximum Gasteiger partial charge on any atom is 0.223 e. The molecule has 1 aromatic carbocycles. The average molecular weight is 203 g/mol. The van der Waals surface area contributed by atoms with Gasteiger partial charge in [-0.3, -0.25) is 0 Å². The molecular weight excluding hydrogens is 190 g/mol. The molecule has 0 saturated heterocycles. The van der Waals surface area contributed by atoms with E-state index in [4.69, 9.17) is 4.52 Å². The van der Waals surface area contributed by atoms with Gasteiger partial charge in [0.15, 0.2) is 0 Å². The maximum atomic E-state index is 4.92. The first-order chi connectivity index (χ1) is 7.29. The molecule has 2 rings (SSSR count). The van der Waals surface area contributed by atoms with Crippen LogP contribution < -0.4 is 5.32 Å². The van der Waals surface area contributed by atoms with Crippen LogP contribution in [0.25, 0.3) is 11.4 Å². The van der Waals surface area contributed by atoms with Crippen molar-refractivity contribution in [3.63, 3.8) is 0 Å². The van der Waals surface area contributed by atoms with Crippen LogP contribution in [0.15, 0.2) is 28.8 Å². The van der Waals surface area contributed by atoms with Crippen molar-refractivity contribution in [3.8, 4) is 11.4 Å². The topological polar surface area (TPSA) is 51.0 Å². The van der Waals surface area contributed by atoms with Crippen molar-refractivity contribution >= 4 is 0 Å². The molecular formula is C11H13N3O. The third kappa shape index (κ3) is 2.22. The highest BCUT2D eigenvalue weighted by Gasteiger charge is 2.04. The molecule has 0 fully saturated rings. The second-order valence-electron chi connectivity index (χ2n) is 3.36. The summed E-state index contributed by atoms with van der Waals surface area (Å²) in [6.07, 6.45) is 0. The molecule has 0 aliphatic heterocycles. The predicted octanol–water partition coefficient (Wildman–Crippen LogP) is 1.76. The van der Waals surface area contributed by atoms with Crippen molar-refractivity contribution in [2.75, 3.05) is 7.05 Å². The van der Waals surface area contributed by atoms with Gasteiger partial charge in [0, 0.05) is 19.0 Å². The van der Waals surface area contributed by atoms with Crippen LogP contribution in [0.3, 0.4) is 0 Å². The Kier molecular flexibility index (Phi) is 2.78. The minimum absolute atomic E-state index is 0.587. The number of aromatic nitrogens is 2. The van der Waals surface area contributed by atoms with Gasteiger partial charge >= 0.3 is 0 Å². The Morgan fingerprint density at radius 3 is 2.53 bits per heavy atom. The zero-order valence-corrected chi connectivity index (χ0v) is 8.82. The summed E-state index contributed by atoms with van der Waals surface area (Å²) in [5, 5.41) is 6.96. The summed E-state index contributed by atoms with van der Waals surface area (Å²) in [5.74, 6) is 1.23. The molecule has 78 valence electrons. The molecule has 0 aliphatic rings. The van der Waals surface area contributed by atoms with E-state index >= 15 is 0 Å². The van der Waals surface area contributed by atoms with Gasteiger partial charge in [0.2, 0.25) is 11.7 Å². The quantitative estimate of drug-likeness (QED) is 0.825. The number of hydrogen-bond donors (Lipinski definition) is 1. The first kappa shape index (κ1) is 9.86. The van der Waals surface area contributed by atoms with Crippen LogP contribution in [0.4, 0.5) is 0 Å². The van der Waals surface area contributed by atoms with Crippen LogP contribution in [0, 0.1) is 6.92 Å². The van der Waals surface area contributed by atoms with Gasteiger partial charge in [0.25, 0.3) is 0 Å². The lowest BCUT2D eigenvalue weighted by atomic mass is 10.1. The van der Waals surface area contributed by atoms with Crippen LogP contribution in [0.5, 0.6) is 0 Å². The Morgan fingerprint density at radius 1 is 1.27 bits per heavy atom. The van der Waals surface area contributed by atoms with Crippen LogP contribution in [0.1, 0.15) is 11.5 Å². The molecule has 4 heteroatoms. The fourth-order valence-electron chi connectivity index (χ4n) is 1.39.